The van der Waals surface area contributed by atoms with Crippen LogP contribution in [0.4, 0.5) is 11.4 Å². The molecule has 0 unspecified atom stereocenters. The molecule has 0 saturated heterocycles. The molecule has 9 heteroatoms. The molecule has 35 heavy (non-hydrogen) atoms. The summed E-state index contributed by atoms with van der Waals surface area (Å²) in [6.45, 7) is 3.87. The number of nitrogens with one attached hydrogen (secondary N) is 3. The van der Waals surface area contributed by atoms with Crippen molar-refractivity contribution in [1.82, 2.24) is 4.68 Å². The molecule has 3 aromatic carbocycles. The number of fused-ring (bicyclic) bond motifs is 1. The van der Waals surface area contributed by atoms with E-state index in [1.54, 1.807) is 48.5 Å². The topological polar surface area (TPSA) is 101 Å². The first-order chi connectivity index (χ1) is 16.7. The van der Waals surface area contributed by atoms with Crippen LogP contribution in [0.25, 0.3) is 10.9 Å². The Morgan fingerprint density at radius 3 is 2.17 bits per heavy atom. The molecule has 1 heterocycles. The van der Waals surface area contributed by atoms with E-state index in [9.17, 15) is 14.4 Å². The zero-order valence-electron chi connectivity index (χ0n) is 19.3. The summed E-state index contributed by atoms with van der Waals surface area (Å²) in [7, 11) is 1.48. The molecular formula is C26H23ClN4O4. The van der Waals surface area contributed by atoms with E-state index in [0.29, 0.717) is 33.0 Å². The van der Waals surface area contributed by atoms with E-state index in [2.05, 4.69) is 16.1 Å². The van der Waals surface area contributed by atoms with Gasteiger partial charge in [-0.15, -0.1) is 0 Å². The number of benzene rings is 3. The van der Waals surface area contributed by atoms with Gasteiger partial charge < -0.3 is 15.4 Å². The fourth-order valence-corrected chi connectivity index (χ4v) is 3.92. The molecule has 0 saturated carbocycles. The zero-order valence-corrected chi connectivity index (χ0v) is 20.1. The molecule has 0 fully saturated rings. The first-order valence-electron chi connectivity index (χ1n) is 10.7. The molecule has 1 aromatic heterocycles. The van der Waals surface area contributed by atoms with E-state index in [0.717, 1.165) is 11.1 Å². The van der Waals surface area contributed by atoms with Crippen molar-refractivity contribution in [2.45, 2.75) is 13.8 Å². The van der Waals surface area contributed by atoms with E-state index >= 15 is 0 Å². The number of rotatable bonds is 5. The number of halogens is 1. The first kappa shape index (κ1) is 23.8. The minimum atomic E-state index is -0.969. The maximum atomic E-state index is 13.3. The van der Waals surface area contributed by atoms with Crippen molar-refractivity contribution in [3.05, 3.63) is 88.6 Å². The molecule has 4 aromatic rings. The molecule has 0 atom stereocenters. The lowest BCUT2D eigenvalue weighted by Crippen LogP contribution is -2.36. The maximum Gasteiger partial charge on any atom is 0.328 e. The number of nitrogens with zero attached hydrogens (tertiary/aromatic N) is 1. The third kappa shape index (κ3) is 5.28. The second-order valence-corrected chi connectivity index (χ2v) is 8.43. The third-order valence-corrected chi connectivity index (χ3v) is 5.49. The standard InChI is InChI=1S/C26H23ClN4O4/c1-15-11-16(2)13-20(12-15)29-24(32)21-14-17-5-4-6-22(35-3)23(17)31(21)30-26(34)25(33)28-19-9-7-18(27)8-10-19/h4-14H,1-3H3,(H,28,33)(H,29,32)(H,30,34). The van der Waals surface area contributed by atoms with Crippen LogP contribution in [-0.2, 0) is 9.59 Å². The summed E-state index contributed by atoms with van der Waals surface area (Å²) >= 11 is 5.87. The lowest BCUT2D eigenvalue weighted by molar-refractivity contribution is -0.133. The van der Waals surface area contributed by atoms with Crippen molar-refractivity contribution in [2.24, 2.45) is 0 Å². The predicted molar refractivity (Wildman–Crippen MR) is 137 cm³/mol. The Morgan fingerprint density at radius 1 is 0.829 bits per heavy atom. The maximum absolute atomic E-state index is 13.3. The predicted octanol–water partition coefficient (Wildman–Crippen LogP) is 4.88. The van der Waals surface area contributed by atoms with E-state index in [4.69, 9.17) is 16.3 Å². The van der Waals surface area contributed by atoms with Gasteiger partial charge in [0.2, 0.25) is 0 Å². The Labute approximate surface area is 206 Å². The normalized spacial score (nSPS) is 10.6. The number of para-hydroxylation sites is 1. The monoisotopic (exact) mass is 490 g/mol. The second-order valence-electron chi connectivity index (χ2n) is 8.00. The van der Waals surface area contributed by atoms with Gasteiger partial charge in [0, 0.05) is 21.8 Å². The lowest BCUT2D eigenvalue weighted by Gasteiger charge is -2.14. The minimum Gasteiger partial charge on any atom is -0.494 e. The van der Waals surface area contributed by atoms with Crippen LogP contribution in [0.3, 0.4) is 0 Å². The van der Waals surface area contributed by atoms with Crippen LogP contribution in [0.5, 0.6) is 5.75 Å². The van der Waals surface area contributed by atoms with Crippen LogP contribution in [0.2, 0.25) is 5.02 Å². The number of hydrogen-bond donors (Lipinski definition) is 3. The smallest absolute Gasteiger partial charge is 0.328 e. The SMILES string of the molecule is COc1cccc2cc(C(=O)Nc3cc(C)cc(C)c3)n(NC(=O)C(=O)Nc3ccc(Cl)cc3)c12. The summed E-state index contributed by atoms with van der Waals surface area (Å²) in [5, 5.41) is 6.51. The Hall–Kier alpha value is -4.30. The number of ether oxygens (including phenoxy) is 1. The third-order valence-electron chi connectivity index (χ3n) is 5.24. The Kier molecular flexibility index (Phi) is 6.75. The van der Waals surface area contributed by atoms with Crippen molar-refractivity contribution in [3.8, 4) is 5.75 Å². The van der Waals surface area contributed by atoms with Gasteiger partial charge in [-0.05, 0) is 73.5 Å². The second kappa shape index (κ2) is 9.90. The van der Waals surface area contributed by atoms with E-state index < -0.39 is 17.7 Å². The molecule has 4 rings (SSSR count). The summed E-state index contributed by atoms with van der Waals surface area (Å²) in [6.07, 6.45) is 0. The van der Waals surface area contributed by atoms with E-state index in [1.807, 2.05) is 32.0 Å². The summed E-state index contributed by atoms with van der Waals surface area (Å²) in [6, 6.07) is 18.9. The number of anilines is 2. The molecule has 0 bridgehead atoms. The molecule has 0 aliphatic carbocycles. The van der Waals surface area contributed by atoms with Crippen molar-refractivity contribution < 1.29 is 19.1 Å². The molecule has 3 N–H and O–H groups in total. The fraction of sp³-hybridized carbons (Fsp3) is 0.115. The number of hydrogen-bond acceptors (Lipinski definition) is 4. The number of aryl methyl sites for hydroxylation is 2. The largest absolute Gasteiger partial charge is 0.494 e. The highest BCUT2D eigenvalue weighted by Gasteiger charge is 2.23. The molecular weight excluding hydrogens is 468 g/mol. The lowest BCUT2D eigenvalue weighted by atomic mass is 10.1. The minimum absolute atomic E-state index is 0.122. The quantitative estimate of drug-likeness (QED) is 0.347. The average Bonchev–Trinajstić information content (AvgIpc) is 3.18. The van der Waals surface area contributed by atoms with E-state index in [-0.39, 0.29) is 5.69 Å². The summed E-state index contributed by atoms with van der Waals surface area (Å²) in [5.74, 6) is -1.92. The van der Waals surface area contributed by atoms with Crippen LogP contribution in [-0.4, -0.2) is 29.5 Å². The number of carbonyl (C=O) groups excluding carboxylic acids is 3. The molecule has 0 spiro atoms. The molecule has 0 aliphatic heterocycles. The van der Waals surface area contributed by atoms with Crippen LogP contribution >= 0.6 is 11.6 Å². The Balaban J connectivity index is 1.67. The molecule has 8 nitrogen and oxygen atoms in total. The van der Waals surface area contributed by atoms with Crippen molar-refractivity contribution in [3.63, 3.8) is 0 Å². The first-order valence-corrected chi connectivity index (χ1v) is 11.1. The number of amides is 3. The van der Waals surface area contributed by atoms with Gasteiger partial charge in [0.25, 0.3) is 5.91 Å². The Morgan fingerprint density at radius 2 is 1.51 bits per heavy atom. The highest BCUT2D eigenvalue weighted by molar-refractivity contribution is 6.42. The van der Waals surface area contributed by atoms with Crippen LogP contribution in [0.15, 0.2) is 66.7 Å². The fourth-order valence-electron chi connectivity index (χ4n) is 3.79. The number of methoxy groups -OCH3 is 1. The van der Waals surface area contributed by atoms with Crippen molar-refractivity contribution in [2.75, 3.05) is 23.2 Å². The highest BCUT2D eigenvalue weighted by atomic mass is 35.5. The van der Waals surface area contributed by atoms with Gasteiger partial charge in [0.05, 0.1) is 7.11 Å². The van der Waals surface area contributed by atoms with Gasteiger partial charge in [-0.2, -0.15) is 0 Å². The summed E-state index contributed by atoms with van der Waals surface area (Å²) in [5.41, 5.74) is 6.09. The van der Waals surface area contributed by atoms with Crippen molar-refractivity contribution >= 4 is 51.6 Å². The van der Waals surface area contributed by atoms with Crippen LogP contribution in [0.1, 0.15) is 21.6 Å². The highest BCUT2D eigenvalue weighted by Crippen LogP contribution is 2.29. The van der Waals surface area contributed by atoms with Gasteiger partial charge >= 0.3 is 11.8 Å². The van der Waals surface area contributed by atoms with Gasteiger partial charge in [-0.3, -0.25) is 19.8 Å². The number of aromatic nitrogens is 1. The van der Waals surface area contributed by atoms with Crippen molar-refractivity contribution in [1.29, 1.82) is 0 Å². The molecule has 178 valence electrons. The number of carbonyl (C=O) groups is 3. The summed E-state index contributed by atoms with van der Waals surface area (Å²) < 4.78 is 6.70. The van der Waals surface area contributed by atoms with Crippen LogP contribution in [0, 0.1) is 13.8 Å². The van der Waals surface area contributed by atoms with E-state index in [1.165, 1.54) is 11.8 Å². The summed E-state index contributed by atoms with van der Waals surface area (Å²) in [4.78, 5) is 38.6. The zero-order chi connectivity index (χ0) is 25.1. The van der Waals surface area contributed by atoms with Gasteiger partial charge in [0.1, 0.15) is 17.0 Å². The molecule has 0 radical (unpaired) electrons. The van der Waals surface area contributed by atoms with Gasteiger partial charge in [-0.1, -0.05) is 29.8 Å². The Bertz CT molecular complexity index is 1420. The van der Waals surface area contributed by atoms with Gasteiger partial charge in [-0.25, -0.2) is 4.68 Å². The molecule has 3 amide bonds. The average molecular weight is 491 g/mol. The molecule has 0 aliphatic rings. The van der Waals surface area contributed by atoms with Crippen LogP contribution < -0.4 is 20.8 Å². The van der Waals surface area contributed by atoms with Gasteiger partial charge in [0.15, 0.2) is 0 Å².